The van der Waals surface area contributed by atoms with Crippen molar-refractivity contribution in [3.8, 4) is 5.75 Å². The third kappa shape index (κ3) is 0.622. The molecule has 1 aromatic carbocycles. The molecule has 0 spiro atoms. The fraction of sp³-hybridized carbons (Fsp3) is 0. The summed E-state index contributed by atoms with van der Waals surface area (Å²) in [4.78, 5) is 4.94. The lowest BCUT2D eigenvalue weighted by Crippen LogP contribution is -2.16. The number of para-hydroxylation sites is 2. The summed E-state index contributed by atoms with van der Waals surface area (Å²) in [6.07, 6.45) is 0. The molecule has 0 fully saturated rings. The van der Waals surface area contributed by atoms with Crippen molar-refractivity contribution in [3.05, 3.63) is 24.3 Å². The lowest BCUT2D eigenvalue weighted by Gasteiger charge is -1.89. The molecule has 3 nitrogen and oxygen atoms in total. The molecular weight excluding hydrogens is 116 g/mol. The minimum absolute atomic E-state index is 0.845. The van der Waals surface area contributed by atoms with Gasteiger partial charge in [-0.3, -0.25) is 5.43 Å². The summed E-state index contributed by atoms with van der Waals surface area (Å²) in [7, 11) is 0. The summed E-state index contributed by atoms with van der Waals surface area (Å²) in [5, 5.41) is 0. The monoisotopic (exact) mass is 122 g/mol. The highest BCUT2D eigenvalue weighted by molar-refractivity contribution is 5.57. The van der Waals surface area contributed by atoms with E-state index in [0.717, 1.165) is 11.4 Å². The van der Waals surface area contributed by atoms with E-state index in [0.29, 0.717) is 0 Å². The molecule has 0 amide bonds. The smallest absolute Gasteiger partial charge is 0.174 e. The normalized spacial score (nSPS) is 13.8. The number of nitrogens with one attached hydrogen (secondary N) is 2. The van der Waals surface area contributed by atoms with Crippen molar-refractivity contribution in [1.29, 1.82) is 0 Å². The lowest BCUT2D eigenvalue weighted by atomic mass is 10.3. The van der Waals surface area contributed by atoms with Crippen molar-refractivity contribution in [3.63, 3.8) is 0 Å². The van der Waals surface area contributed by atoms with Gasteiger partial charge in [0, 0.05) is 0 Å². The molecule has 3 heteroatoms. The Bertz CT molecular complexity index is 201. The highest BCUT2D eigenvalue weighted by atomic mass is 16.7. The van der Waals surface area contributed by atoms with Crippen LogP contribution in [-0.4, -0.2) is 0 Å². The van der Waals surface area contributed by atoms with Gasteiger partial charge < -0.3 is 4.84 Å². The van der Waals surface area contributed by atoms with Crippen LogP contribution in [0.4, 0.5) is 5.69 Å². The van der Waals surface area contributed by atoms with Gasteiger partial charge in [0.05, 0.1) is 5.69 Å². The Balaban J connectivity index is 2.54. The van der Waals surface area contributed by atoms with Gasteiger partial charge in [-0.2, -0.15) is 0 Å². The SMILES string of the molecule is c1ccc2c(c1)NNO2. The average molecular weight is 122 g/mol. The van der Waals surface area contributed by atoms with Crippen LogP contribution in [0.25, 0.3) is 0 Å². The maximum atomic E-state index is 4.94. The predicted molar refractivity (Wildman–Crippen MR) is 33.8 cm³/mol. The van der Waals surface area contributed by atoms with Crippen molar-refractivity contribution in [1.82, 2.24) is 5.59 Å². The van der Waals surface area contributed by atoms with E-state index < -0.39 is 0 Å². The standard InChI is InChI=1S/C6H6N2O/c1-2-4-6-5(3-1)7-8-9-6/h1-4,7-8H. The second-order valence-corrected chi connectivity index (χ2v) is 1.83. The van der Waals surface area contributed by atoms with Gasteiger partial charge in [-0.05, 0) is 12.1 Å². The van der Waals surface area contributed by atoms with Crippen LogP contribution in [0.2, 0.25) is 0 Å². The van der Waals surface area contributed by atoms with Crippen LogP contribution in [0.3, 0.4) is 0 Å². The van der Waals surface area contributed by atoms with Crippen LogP contribution in [0, 0.1) is 0 Å². The maximum absolute atomic E-state index is 4.94. The van der Waals surface area contributed by atoms with E-state index in [1.54, 1.807) is 0 Å². The number of benzene rings is 1. The number of anilines is 1. The van der Waals surface area contributed by atoms with Crippen LogP contribution >= 0.6 is 0 Å². The van der Waals surface area contributed by atoms with E-state index in [1.807, 2.05) is 24.3 Å². The van der Waals surface area contributed by atoms with Crippen molar-refractivity contribution in [2.24, 2.45) is 0 Å². The van der Waals surface area contributed by atoms with Gasteiger partial charge in [0.2, 0.25) is 0 Å². The van der Waals surface area contributed by atoms with Gasteiger partial charge >= 0.3 is 0 Å². The van der Waals surface area contributed by atoms with Crippen LogP contribution < -0.4 is 15.9 Å². The molecule has 0 radical (unpaired) electrons. The fourth-order valence-electron chi connectivity index (χ4n) is 0.794. The first kappa shape index (κ1) is 4.64. The molecule has 0 saturated heterocycles. The Kier molecular flexibility index (Phi) is 0.841. The number of fused-ring (bicyclic) bond motifs is 1. The molecule has 0 atom stereocenters. The van der Waals surface area contributed by atoms with Gasteiger partial charge in [-0.15, -0.1) is 0 Å². The molecule has 1 heterocycles. The van der Waals surface area contributed by atoms with Crippen molar-refractivity contribution >= 4 is 5.69 Å². The molecule has 0 bridgehead atoms. The van der Waals surface area contributed by atoms with Crippen LogP contribution in [-0.2, 0) is 0 Å². The molecule has 0 saturated carbocycles. The highest BCUT2D eigenvalue weighted by Crippen LogP contribution is 2.25. The largest absolute Gasteiger partial charge is 0.387 e. The molecule has 2 N–H and O–H groups in total. The predicted octanol–water partition coefficient (Wildman–Crippen LogP) is 0.910. The van der Waals surface area contributed by atoms with Crippen molar-refractivity contribution < 1.29 is 4.84 Å². The average Bonchev–Trinajstić information content (AvgIpc) is 2.33. The summed E-state index contributed by atoms with van der Waals surface area (Å²) < 4.78 is 0. The zero-order chi connectivity index (χ0) is 6.10. The number of hydrogen-bond acceptors (Lipinski definition) is 3. The number of hydrogen-bond donors (Lipinski definition) is 2. The van der Waals surface area contributed by atoms with Crippen LogP contribution in [0.15, 0.2) is 24.3 Å². The molecule has 1 aromatic rings. The molecule has 0 aliphatic carbocycles. The first-order valence-corrected chi connectivity index (χ1v) is 2.74. The lowest BCUT2D eigenvalue weighted by molar-refractivity contribution is 0.247. The molecule has 0 unspecified atom stereocenters. The van der Waals surface area contributed by atoms with Crippen LogP contribution in [0.1, 0.15) is 0 Å². The number of hydrazine groups is 1. The fourth-order valence-corrected chi connectivity index (χ4v) is 0.794. The van der Waals surface area contributed by atoms with Gasteiger partial charge in [0.25, 0.3) is 0 Å². The zero-order valence-electron chi connectivity index (χ0n) is 4.72. The highest BCUT2D eigenvalue weighted by Gasteiger charge is 2.07. The molecular formula is C6H6N2O. The first-order chi connectivity index (χ1) is 4.47. The van der Waals surface area contributed by atoms with Gasteiger partial charge in [-0.25, -0.2) is 0 Å². The Labute approximate surface area is 52.6 Å². The molecule has 1 aliphatic heterocycles. The summed E-state index contributed by atoms with van der Waals surface area (Å²) >= 11 is 0. The Morgan fingerprint density at radius 1 is 1.22 bits per heavy atom. The minimum atomic E-state index is 0.845. The third-order valence-corrected chi connectivity index (χ3v) is 1.23. The van der Waals surface area contributed by atoms with E-state index in [9.17, 15) is 0 Å². The molecule has 46 valence electrons. The maximum Gasteiger partial charge on any atom is 0.174 e. The summed E-state index contributed by atoms with van der Waals surface area (Å²) in [6, 6.07) is 7.70. The van der Waals surface area contributed by atoms with Gasteiger partial charge in [0.15, 0.2) is 5.75 Å². The van der Waals surface area contributed by atoms with Crippen molar-refractivity contribution in [2.45, 2.75) is 0 Å². The second kappa shape index (κ2) is 1.63. The molecule has 1 aliphatic rings. The molecule has 9 heavy (non-hydrogen) atoms. The first-order valence-electron chi connectivity index (χ1n) is 2.74. The van der Waals surface area contributed by atoms with Crippen LogP contribution in [0.5, 0.6) is 5.75 Å². The van der Waals surface area contributed by atoms with E-state index in [1.165, 1.54) is 0 Å². The summed E-state index contributed by atoms with van der Waals surface area (Å²) in [5.74, 6) is 0.845. The second-order valence-electron chi connectivity index (χ2n) is 1.83. The summed E-state index contributed by atoms with van der Waals surface area (Å²) in [6.45, 7) is 0. The quantitative estimate of drug-likeness (QED) is 0.536. The van der Waals surface area contributed by atoms with E-state index in [-0.39, 0.29) is 0 Å². The van der Waals surface area contributed by atoms with E-state index in [4.69, 9.17) is 4.84 Å². The summed E-state index contributed by atoms with van der Waals surface area (Å²) in [5.41, 5.74) is 6.35. The van der Waals surface area contributed by atoms with Gasteiger partial charge in [0.1, 0.15) is 0 Å². The van der Waals surface area contributed by atoms with Crippen molar-refractivity contribution in [2.75, 3.05) is 5.43 Å². The van der Waals surface area contributed by atoms with Gasteiger partial charge in [-0.1, -0.05) is 17.7 Å². The topological polar surface area (TPSA) is 33.3 Å². The minimum Gasteiger partial charge on any atom is -0.387 e. The molecule has 2 rings (SSSR count). The third-order valence-electron chi connectivity index (χ3n) is 1.23. The Morgan fingerprint density at radius 3 is 3.00 bits per heavy atom. The van der Waals surface area contributed by atoms with E-state index in [2.05, 4.69) is 11.0 Å². The van der Waals surface area contributed by atoms with E-state index >= 15 is 0 Å². The Hall–Kier alpha value is -1.22. The number of rotatable bonds is 0. The zero-order valence-corrected chi connectivity index (χ0v) is 4.72. The Morgan fingerprint density at radius 2 is 2.11 bits per heavy atom. The molecule has 0 aromatic heterocycles.